The lowest BCUT2D eigenvalue weighted by Gasteiger charge is -2.19. The molecule has 23 heavy (non-hydrogen) atoms. The second kappa shape index (κ2) is 7.24. The normalized spacial score (nSPS) is 11.2. The Bertz CT molecular complexity index is 671. The average molecular weight is 352 g/mol. The van der Waals surface area contributed by atoms with Crippen LogP contribution >= 0.6 is 23.2 Å². The van der Waals surface area contributed by atoms with Crippen molar-refractivity contribution in [1.29, 1.82) is 0 Å². The molecule has 0 radical (unpaired) electrons. The number of hydrogen-bond acceptors (Lipinski definition) is 2. The van der Waals surface area contributed by atoms with Crippen molar-refractivity contribution in [3.63, 3.8) is 0 Å². The first-order valence-corrected chi connectivity index (χ1v) is 8.00. The van der Waals surface area contributed by atoms with Crippen LogP contribution in [0.15, 0.2) is 42.5 Å². The molecule has 3 nitrogen and oxygen atoms in total. The Kier molecular flexibility index (Phi) is 5.55. The molecule has 122 valence electrons. The van der Waals surface area contributed by atoms with E-state index in [1.54, 1.807) is 18.2 Å². The molecule has 0 fully saturated rings. The molecule has 2 rings (SSSR count). The lowest BCUT2D eigenvalue weighted by Crippen LogP contribution is -2.20. The first kappa shape index (κ1) is 17.6. The number of anilines is 1. The molecule has 0 aliphatic rings. The molecule has 2 aromatic rings. The molecule has 0 aliphatic carbocycles. The summed E-state index contributed by atoms with van der Waals surface area (Å²) in [4.78, 5) is 12.0. The molecule has 0 aromatic heterocycles. The molecule has 1 amide bonds. The molecule has 0 heterocycles. The Morgan fingerprint density at radius 2 is 1.61 bits per heavy atom. The van der Waals surface area contributed by atoms with E-state index in [1.807, 2.05) is 24.3 Å². The molecule has 0 unspecified atom stereocenters. The van der Waals surface area contributed by atoms with Gasteiger partial charge in [-0.15, -0.1) is 0 Å². The fourth-order valence-corrected chi connectivity index (χ4v) is 2.48. The van der Waals surface area contributed by atoms with Crippen LogP contribution in [0.3, 0.4) is 0 Å². The third-order valence-electron chi connectivity index (χ3n) is 3.32. The van der Waals surface area contributed by atoms with Gasteiger partial charge in [-0.1, -0.05) is 62.2 Å². The smallest absolute Gasteiger partial charge is 0.262 e. The van der Waals surface area contributed by atoms with Gasteiger partial charge in [-0.3, -0.25) is 4.79 Å². The first-order valence-electron chi connectivity index (χ1n) is 7.24. The quantitative estimate of drug-likeness (QED) is 0.810. The van der Waals surface area contributed by atoms with Gasteiger partial charge in [0.1, 0.15) is 5.75 Å². The number of rotatable bonds is 4. The molecule has 0 spiro atoms. The molecule has 5 heteroatoms. The van der Waals surface area contributed by atoms with Gasteiger partial charge in [0.25, 0.3) is 5.91 Å². The third-order valence-corrected chi connectivity index (χ3v) is 3.95. The number of halogens is 2. The molecule has 0 aliphatic heterocycles. The van der Waals surface area contributed by atoms with E-state index in [9.17, 15) is 4.79 Å². The zero-order valence-electron chi connectivity index (χ0n) is 13.3. The summed E-state index contributed by atoms with van der Waals surface area (Å²) in [5.41, 5.74) is 1.68. The molecular weight excluding hydrogens is 333 g/mol. The van der Waals surface area contributed by atoms with Crippen LogP contribution in [0.1, 0.15) is 26.3 Å². The molecule has 0 saturated carbocycles. The summed E-state index contributed by atoms with van der Waals surface area (Å²) in [6.07, 6.45) is 0. The molecule has 2 aromatic carbocycles. The number of para-hydroxylation sites is 1. The van der Waals surface area contributed by atoms with Gasteiger partial charge in [0.2, 0.25) is 0 Å². The third kappa shape index (κ3) is 4.88. The fraction of sp³-hybridized carbons (Fsp3) is 0.278. The lowest BCUT2D eigenvalue weighted by atomic mass is 9.87. The van der Waals surface area contributed by atoms with Gasteiger partial charge >= 0.3 is 0 Å². The highest BCUT2D eigenvalue weighted by Crippen LogP contribution is 2.29. The Hall–Kier alpha value is -1.71. The summed E-state index contributed by atoms with van der Waals surface area (Å²) in [5, 5.41) is 3.44. The van der Waals surface area contributed by atoms with Gasteiger partial charge < -0.3 is 10.1 Å². The minimum atomic E-state index is -0.320. The highest BCUT2D eigenvalue weighted by Gasteiger charge is 2.14. The van der Waals surface area contributed by atoms with Crippen molar-refractivity contribution >= 4 is 34.8 Å². The number of hydrogen-bond donors (Lipinski definition) is 1. The number of carbonyl (C=O) groups excluding carboxylic acids is 1. The van der Waals surface area contributed by atoms with Crippen molar-refractivity contribution in [2.45, 2.75) is 26.2 Å². The standard InChI is InChI=1S/C18H19Cl2NO2/c1-18(2,3)12-7-9-13(10-8-12)23-11-16(22)21-17-14(19)5-4-6-15(17)20/h4-10H,11H2,1-3H3,(H,21,22). The summed E-state index contributed by atoms with van der Waals surface area (Å²) in [6.45, 7) is 6.31. The number of amides is 1. The molecule has 0 atom stereocenters. The molecule has 1 N–H and O–H groups in total. The van der Waals surface area contributed by atoms with Gasteiger partial charge in [-0.2, -0.15) is 0 Å². The first-order chi connectivity index (χ1) is 10.8. The van der Waals surface area contributed by atoms with Gasteiger partial charge in [0, 0.05) is 0 Å². The fourth-order valence-electron chi connectivity index (χ4n) is 1.99. The van der Waals surface area contributed by atoms with Gasteiger partial charge in [-0.05, 0) is 35.2 Å². The van der Waals surface area contributed by atoms with E-state index in [1.165, 1.54) is 5.56 Å². The Balaban J connectivity index is 1.94. The topological polar surface area (TPSA) is 38.3 Å². The molecule has 0 bridgehead atoms. The van der Waals surface area contributed by atoms with E-state index >= 15 is 0 Å². The zero-order valence-corrected chi connectivity index (χ0v) is 14.8. The second-order valence-electron chi connectivity index (χ2n) is 6.21. The number of benzene rings is 2. The maximum Gasteiger partial charge on any atom is 0.262 e. The van der Waals surface area contributed by atoms with Crippen molar-refractivity contribution in [2.75, 3.05) is 11.9 Å². The predicted molar refractivity (Wildman–Crippen MR) is 95.7 cm³/mol. The SMILES string of the molecule is CC(C)(C)c1ccc(OCC(=O)Nc2c(Cl)cccc2Cl)cc1. The summed E-state index contributed by atoms with van der Waals surface area (Å²) in [6, 6.07) is 12.8. The van der Waals surface area contributed by atoms with Crippen LogP contribution in [0.5, 0.6) is 5.75 Å². The van der Waals surface area contributed by atoms with E-state index in [0.717, 1.165) is 0 Å². The van der Waals surface area contributed by atoms with Crippen LogP contribution in [0.2, 0.25) is 10.0 Å². The Labute approximate surface area is 146 Å². The van der Waals surface area contributed by atoms with Crippen LogP contribution in [0.25, 0.3) is 0 Å². The van der Waals surface area contributed by atoms with Crippen molar-refractivity contribution in [2.24, 2.45) is 0 Å². The number of ether oxygens (including phenoxy) is 1. The van der Waals surface area contributed by atoms with Crippen molar-refractivity contribution in [3.8, 4) is 5.75 Å². The van der Waals surface area contributed by atoms with Crippen LogP contribution in [0, 0.1) is 0 Å². The van der Waals surface area contributed by atoms with Gasteiger partial charge in [-0.25, -0.2) is 0 Å². The van der Waals surface area contributed by atoms with Crippen molar-refractivity contribution in [3.05, 3.63) is 58.1 Å². The highest BCUT2D eigenvalue weighted by atomic mass is 35.5. The molecular formula is C18H19Cl2NO2. The van der Waals surface area contributed by atoms with Crippen LogP contribution in [0.4, 0.5) is 5.69 Å². The predicted octanol–water partition coefficient (Wildman–Crippen LogP) is 5.31. The van der Waals surface area contributed by atoms with Crippen LogP contribution in [-0.4, -0.2) is 12.5 Å². The van der Waals surface area contributed by atoms with Crippen molar-refractivity contribution in [1.82, 2.24) is 0 Å². The monoisotopic (exact) mass is 351 g/mol. The Morgan fingerprint density at radius 1 is 1.04 bits per heavy atom. The molecule has 0 saturated heterocycles. The van der Waals surface area contributed by atoms with E-state index in [2.05, 4.69) is 26.1 Å². The minimum Gasteiger partial charge on any atom is -0.484 e. The average Bonchev–Trinajstić information content (AvgIpc) is 2.48. The van der Waals surface area contributed by atoms with Crippen LogP contribution in [-0.2, 0) is 10.2 Å². The van der Waals surface area contributed by atoms with E-state index in [4.69, 9.17) is 27.9 Å². The minimum absolute atomic E-state index is 0.0801. The van der Waals surface area contributed by atoms with E-state index < -0.39 is 0 Å². The van der Waals surface area contributed by atoms with E-state index in [-0.39, 0.29) is 17.9 Å². The highest BCUT2D eigenvalue weighted by molar-refractivity contribution is 6.39. The lowest BCUT2D eigenvalue weighted by molar-refractivity contribution is -0.118. The number of nitrogens with one attached hydrogen (secondary N) is 1. The van der Waals surface area contributed by atoms with Crippen molar-refractivity contribution < 1.29 is 9.53 Å². The second-order valence-corrected chi connectivity index (χ2v) is 7.02. The summed E-state index contributed by atoms with van der Waals surface area (Å²) < 4.78 is 5.49. The van der Waals surface area contributed by atoms with Gasteiger partial charge in [0.05, 0.1) is 15.7 Å². The van der Waals surface area contributed by atoms with Gasteiger partial charge in [0.15, 0.2) is 6.61 Å². The summed E-state index contributed by atoms with van der Waals surface area (Å²) in [5.74, 6) is 0.318. The summed E-state index contributed by atoms with van der Waals surface area (Å²) in [7, 11) is 0. The number of carbonyl (C=O) groups is 1. The maximum atomic E-state index is 12.0. The largest absolute Gasteiger partial charge is 0.484 e. The zero-order chi connectivity index (χ0) is 17.0. The Morgan fingerprint density at radius 3 is 2.13 bits per heavy atom. The summed E-state index contributed by atoms with van der Waals surface area (Å²) >= 11 is 12.0. The maximum absolute atomic E-state index is 12.0. The van der Waals surface area contributed by atoms with Crippen LogP contribution < -0.4 is 10.1 Å². The van der Waals surface area contributed by atoms with E-state index in [0.29, 0.717) is 21.5 Å².